The Kier molecular flexibility index (Phi) is 5.29. The summed E-state index contributed by atoms with van der Waals surface area (Å²) in [6.07, 6.45) is -0.107. The van der Waals surface area contributed by atoms with Crippen molar-refractivity contribution in [2.24, 2.45) is 11.8 Å². The zero-order chi connectivity index (χ0) is 14.5. The van der Waals surface area contributed by atoms with Crippen LogP contribution in [0.4, 0.5) is 0 Å². The van der Waals surface area contributed by atoms with Gasteiger partial charge in [0.05, 0.1) is 12.7 Å². The lowest BCUT2D eigenvalue weighted by atomic mass is 9.86. The van der Waals surface area contributed by atoms with Gasteiger partial charge in [-0.25, -0.2) is 0 Å². The fourth-order valence-corrected chi connectivity index (χ4v) is 2.72. The van der Waals surface area contributed by atoms with Gasteiger partial charge in [0, 0.05) is 18.9 Å². The Hall–Kier alpha value is -1.23. The summed E-state index contributed by atoms with van der Waals surface area (Å²) >= 11 is 0. The third-order valence-electron chi connectivity index (χ3n) is 3.93. The number of methoxy groups -OCH3 is 1. The van der Waals surface area contributed by atoms with Crippen LogP contribution in [-0.4, -0.2) is 31.9 Å². The number of aldehydes is 1. The molecule has 1 aromatic rings. The molecule has 0 spiro atoms. The molecular formula is C16H22O4. The first-order chi connectivity index (χ1) is 9.67. The lowest BCUT2D eigenvalue weighted by Crippen LogP contribution is -2.51. The summed E-state index contributed by atoms with van der Waals surface area (Å²) < 4.78 is 17.0. The first kappa shape index (κ1) is 15.2. The minimum absolute atomic E-state index is 0.0117. The van der Waals surface area contributed by atoms with Crippen LogP contribution in [0.3, 0.4) is 0 Å². The smallest absolute Gasteiger partial charge is 0.163 e. The van der Waals surface area contributed by atoms with E-state index in [1.165, 1.54) is 0 Å². The molecule has 110 valence electrons. The average Bonchev–Trinajstić information content (AvgIpc) is 2.48. The van der Waals surface area contributed by atoms with E-state index in [1.54, 1.807) is 7.11 Å². The third-order valence-corrected chi connectivity index (χ3v) is 3.93. The van der Waals surface area contributed by atoms with Gasteiger partial charge < -0.3 is 19.0 Å². The average molecular weight is 278 g/mol. The Labute approximate surface area is 120 Å². The molecule has 1 aliphatic heterocycles. The molecule has 1 fully saturated rings. The Bertz CT molecular complexity index is 420. The van der Waals surface area contributed by atoms with Crippen LogP contribution in [0.1, 0.15) is 19.4 Å². The minimum Gasteiger partial charge on any atom is -0.373 e. The summed E-state index contributed by atoms with van der Waals surface area (Å²) in [6.45, 7) is 4.54. The van der Waals surface area contributed by atoms with Gasteiger partial charge in [0.15, 0.2) is 6.29 Å². The Morgan fingerprint density at radius 1 is 1.20 bits per heavy atom. The lowest BCUT2D eigenvalue weighted by Gasteiger charge is -2.42. The van der Waals surface area contributed by atoms with Crippen LogP contribution in [0.5, 0.6) is 0 Å². The molecule has 0 N–H and O–H groups in total. The van der Waals surface area contributed by atoms with E-state index >= 15 is 0 Å². The molecule has 0 amide bonds. The van der Waals surface area contributed by atoms with Gasteiger partial charge >= 0.3 is 0 Å². The third kappa shape index (κ3) is 3.26. The standard InChI is InChI=1S/C16H22O4/c1-11-14(9-17)20-16(18-3)12(2)15(11)19-10-13-7-5-4-6-8-13/h4-9,11-12,14-16H,10H2,1-3H3/t11-,12+,14+,15+,16-/m0/s1. The van der Waals surface area contributed by atoms with Crippen LogP contribution in [0.2, 0.25) is 0 Å². The molecular weight excluding hydrogens is 256 g/mol. The van der Waals surface area contributed by atoms with E-state index in [0.717, 1.165) is 11.8 Å². The number of benzene rings is 1. The van der Waals surface area contributed by atoms with Crippen molar-refractivity contribution >= 4 is 6.29 Å². The van der Waals surface area contributed by atoms with Crippen molar-refractivity contribution in [2.45, 2.75) is 39.0 Å². The summed E-state index contributed by atoms with van der Waals surface area (Å²) in [5, 5.41) is 0. The van der Waals surface area contributed by atoms with Crippen molar-refractivity contribution in [3.8, 4) is 0 Å². The molecule has 1 heterocycles. The largest absolute Gasteiger partial charge is 0.373 e. The molecule has 1 aromatic carbocycles. The molecule has 4 nitrogen and oxygen atoms in total. The molecule has 1 saturated heterocycles. The summed E-state index contributed by atoms with van der Waals surface area (Å²) in [6, 6.07) is 10.0. The highest BCUT2D eigenvalue weighted by atomic mass is 16.7. The molecule has 1 aliphatic rings. The molecule has 2 rings (SSSR count). The van der Waals surface area contributed by atoms with E-state index in [9.17, 15) is 4.79 Å². The number of hydrogen-bond donors (Lipinski definition) is 0. The van der Waals surface area contributed by atoms with Crippen molar-refractivity contribution in [1.82, 2.24) is 0 Å². The molecule has 0 radical (unpaired) electrons. The zero-order valence-corrected chi connectivity index (χ0v) is 12.2. The first-order valence-electron chi connectivity index (χ1n) is 6.96. The zero-order valence-electron chi connectivity index (χ0n) is 12.2. The number of hydrogen-bond acceptors (Lipinski definition) is 4. The van der Waals surface area contributed by atoms with Gasteiger partial charge in [-0.3, -0.25) is 0 Å². The van der Waals surface area contributed by atoms with Crippen LogP contribution < -0.4 is 0 Å². The van der Waals surface area contributed by atoms with E-state index in [0.29, 0.717) is 6.61 Å². The maximum atomic E-state index is 11.1. The predicted molar refractivity (Wildman–Crippen MR) is 75.1 cm³/mol. The predicted octanol–water partition coefficient (Wildman–Crippen LogP) is 2.41. The maximum absolute atomic E-state index is 11.1. The van der Waals surface area contributed by atoms with Crippen LogP contribution in [-0.2, 0) is 25.6 Å². The monoisotopic (exact) mass is 278 g/mol. The molecule has 20 heavy (non-hydrogen) atoms. The van der Waals surface area contributed by atoms with Crippen LogP contribution in [0.15, 0.2) is 30.3 Å². The van der Waals surface area contributed by atoms with E-state index < -0.39 is 12.4 Å². The second-order valence-corrected chi connectivity index (χ2v) is 5.32. The van der Waals surface area contributed by atoms with Crippen molar-refractivity contribution in [1.29, 1.82) is 0 Å². The van der Waals surface area contributed by atoms with Crippen LogP contribution in [0, 0.1) is 11.8 Å². The summed E-state index contributed by atoms with van der Waals surface area (Å²) in [5.74, 6) is 0.0903. The van der Waals surface area contributed by atoms with Crippen LogP contribution >= 0.6 is 0 Å². The van der Waals surface area contributed by atoms with Gasteiger partial charge in [-0.15, -0.1) is 0 Å². The molecule has 0 aromatic heterocycles. The van der Waals surface area contributed by atoms with Crippen LogP contribution in [0.25, 0.3) is 0 Å². The SMILES string of the molecule is CO[C@H]1O[C@H](C=O)[C@H](C)[C@@H](OCc2ccccc2)[C@H]1C. The quantitative estimate of drug-likeness (QED) is 0.776. The summed E-state index contributed by atoms with van der Waals surface area (Å²) in [5.41, 5.74) is 1.12. The van der Waals surface area contributed by atoms with E-state index in [1.807, 2.05) is 44.2 Å². The lowest BCUT2D eigenvalue weighted by molar-refractivity contribution is -0.254. The molecule has 0 aliphatic carbocycles. The van der Waals surface area contributed by atoms with Gasteiger partial charge in [-0.05, 0) is 5.56 Å². The van der Waals surface area contributed by atoms with Gasteiger partial charge in [0.1, 0.15) is 12.4 Å². The summed E-state index contributed by atoms with van der Waals surface area (Å²) in [7, 11) is 1.59. The summed E-state index contributed by atoms with van der Waals surface area (Å²) in [4.78, 5) is 11.1. The van der Waals surface area contributed by atoms with Gasteiger partial charge in [-0.1, -0.05) is 44.2 Å². The molecule has 5 atom stereocenters. The van der Waals surface area contributed by atoms with Gasteiger partial charge in [0.25, 0.3) is 0 Å². The van der Waals surface area contributed by atoms with E-state index in [2.05, 4.69) is 0 Å². The van der Waals surface area contributed by atoms with Crippen molar-refractivity contribution in [2.75, 3.05) is 7.11 Å². The Morgan fingerprint density at radius 3 is 2.50 bits per heavy atom. The maximum Gasteiger partial charge on any atom is 0.163 e. The fourth-order valence-electron chi connectivity index (χ4n) is 2.72. The Morgan fingerprint density at radius 2 is 1.90 bits per heavy atom. The van der Waals surface area contributed by atoms with Gasteiger partial charge in [-0.2, -0.15) is 0 Å². The van der Waals surface area contributed by atoms with E-state index in [4.69, 9.17) is 14.2 Å². The normalized spacial score (nSPS) is 33.9. The highest BCUT2D eigenvalue weighted by molar-refractivity contribution is 5.57. The second kappa shape index (κ2) is 6.97. The minimum atomic E-state index is -0.475. The number of carbonyl (C=O) groups excluding carboxylic acids is 1. The second-order valence-electron chi connectivity index (χ2n) is 5.32. The Balaban J connectivity index is 2.04. The highest BCUT2D eigenvalue weighted by Gasteiger charge is 2.42. The van der Waals surface area contributed by atoms with Crippen molar-refractivity contribution in [3.63, 3.8) is 0 Å². The fraction of sp³-hybridized carbons (Fsp3) is 0.562. The number of ether oxygens (including phenoxy) is 3. The molecule has 0 saturated carbocycles. The number of rotatable bonds is 5. The number of carbonyl (C=O) groups is 1. The highest BCUT2D eigenvalue weighted by Crippen LogP contribution is 2.32. The molecule has 4 heteroatoms. The first-order valence-corrected chi connectivity index (χ1v) is 6.96. The van der Waals surface area contributed by atoms with Crippen molar-refractivity contribution in [3.05, 3.63) is 35.9 Å². The van der Waals surface area contributed by atoms with Gasteiger partial charge in [0.2, 0.25) is 0 Å². The molecule has 0 bridgehead atoms. The molecule has 0 unspecified atom stereocenters. The topological polar surface area (TPSA) is 44.8 Å². The van der Waals surface area contributed by atoms with Crippen molar-refractivity contribution < 1.29 is 19.0 Å². The van der Waals surface area contributed by atoms with E-state index in [-0.39, 0.29) is 17.9 Å².